The van der Waals surface area contributed by atoms with Crippen LogP contribution in [0.25, 0.3) is 0 Å². The molecule has 0 aromatic carbocycles. The molecule has 1 rings (SSSR count). The van der Waals surface area contributed by atoms with E-state index in [1.807, 2.05) is 7.11 Å². The van der Waals surface area contributed by atoms with E-state index in [1.165, 1.54) is 45.2 Å². The van der Waals surface area contributed by atoms with Crippen molar-refractivity contribution in [3.05, 3.63) is 0 Å². The molecule has 0 bridgehead atoms. The van der Waals surface area contributed by atoms with Crippen molar-refractivity contribution in [3.8, 4) is 0 Å². The van der Waals surface area contributed by atoms with Crippen LogP contribution in [0.3, 0.4) is 0 Å². The summed E-state index contributed by atoms with van der Waals surface area (Å²) in [4.78, 5) is 2.69. The summed E-state index contributed by atoms with van der Waals surface area (Å²) in [5.41, 5.74) is 2.49. The van der Waals surface area contributed by atoms with Crippen molar-refractivity contribution in [2.45, 2.75) is 83.7 Å². The van der Waals surface area contributed by atoms with Crippen molar-refractivity contribution in [2.24, 2.45) is 0 Å². The SMILES string of the molecule is CO[Si](C)(C)CCCN1CCN([Si](C(C)C)(C(C)C)C(C)C)CC1. The zero-order valence-electron chi connectivity index (χ0n) is 18.0. The lowest BCUT2D eigenvalue weighted by Gasteiger charge is -2.53. The predicted octanol–water partition coefficient (Wildman–Crippen LogP) is 5.02. The van der Waals surface area contributed by atoms with Crippen LogP contribution in [0.5, 0.6) is 0 Å². The molecule has 0 amide bonds. The maximum Gasteiger partial charge on any atom is 0.186 e. The third-order valence-electron chi connectivity index (χ3n) is 6.50. The van der Waals surface area contributed by atoms with Crippen LogP contribution in [-0.4, -0.2) is 65.9 Å². The van der Waals surface area contributed by atoms with E-state index in [4.69, 9.17) is 4.43 Å². The molecule has 1 heterocycles. The van der Waals surface area contributed by atoms with E-state index in [0.717, 1.165) is 16.6 Å². The second kappa shape index (κ2) is 9.31. The first-order chi connectivity index (χ1) is 11.1. The highest BCUT2D eigenvalue weighted by atomic mass is 28.4. The second-order valence-electron chi connectivity index (χ2n) is 9.25. The molecule has 0 N–H and O–H groups in total. The predicted molar refractivity (Wildman–Crippen MR) is 113 cm³/mol. The van der Waals surface area contributed by atoms with E-state index in [1.54, 1.807) is 0 Å². The van der Waals surface area contributed by atoms with Crippen molar-refractivity contribution < 1.29 is 4.43 Å². The minimum atomic E-state index is -1.43. The molecule has 0 saturated carbocycles. The largest absolute Gasteiger partial charge is 0.420 e. The van der Waals surface area contributed by atoms with E-state index in [2.05, 4.69) is 64.1 Å². The summed E-state index contributed by atoms with van der Waals surface area (Å²) in [6.07, 6.45) is 1.30. The summed E-state index contributed by atoms with van der Waals surface area (Å²) in [6, 6.07) is 1.28. The minimum Gasteiger partial charge on any atom is -0.420 e. The van der Waals surface area contributed by atoms with Crippen molar-refractivity contribution in [1.82, 2.24) is 9.47 Å². The Hall–Kier alpha value is 0.314. The molecule has 0 unspecified atom stereocenters. The molecule has 0 aromatic rings. The van der Waals surface area contributed by atoms with Crippen molar-refractivity contribution in [1.29, 1.82) is 0 Å². The van der Waals surface area contributed by atoms with Crippen LogP contribution in [-0.2, 0) is 4.43 Å². The summed E-state index contributed by atoms with van der Waals surface area (Å²) >= 11 is 0. The molecule has 0 aromatic heterocycles. The number of hydrogen-bond acceptors (Lipinski definition) is 3. The van der Waals surface area contributed by atoms with Gasteiger partial charge in [-0.05, 0) is 48.7 Å². The fraction of sp³-hybridized carbons (Fsp3) is 1.00. The van der Waals surface area contributed by atoms with Gasteiger partial charge in [0.2, 0.25) is 0 Å². The molecule has 1 fully saturated rings. The van der Waals surface area contributed by atoms with Crippen LogP contribution >= 0.6 is 0 Å². The van der Waals surface area contributed by atoms with Gasteiger partial charge in [-0.2, -0.15) is 0 Å². The molecule has 0 spiro atoms. The Kier molecular flexibility index (Phi) is 8.67. The van der Waals surface area contributed by atoms with Crippen molar-refractivity contribution in [2.75, 3.05) is 39.8 Å². The monoisotopic (exact) mass is 372 g/mol. The average molecular weight is 373 g/mol. The highest BCUT2D eigenvalue weighted by Gasteiger charge is 2.48. The van der Waals surface area contributed by atoms with E-state index in [9.17, 15) is 0 Å². The van der Waals surface area contributed by atoms with Crippen LogP contribution in [0.1, 0.15) is 48.0 Å². The van der Waals surface area contributed by atoms with Gasteiger partial charge >= 0.3 is 0 Å². The van der Waals surface area contributed by atoms with Gasteiger partial charge in [0.15, 0.2) is 8.32 Å². The first-order valence-corrected chi connectivity index (χ1v) is 15.4. The van der Waals surface area contributed by atoms with Crippen LogP contribution < -0.4 is 0 Å². The Bertz CT molecular complexity index is 343. The normalized spacial score (nSPS) is 19.0. The summed E-state index contributed by atoms with van der Waals surface area (Å²) < 4.78 is 8.64. The van der Waals surface area contributed by atoms with Crippen LogP contribution in [0.4, 0.5) is 0 Å². The number of rotatable bonds is 9. The summed E-state index contributed by atoms with van der Waals surface area (Å²) in [6.45, 7) is 25.9. The van der Waals surface area contributed by atoms with Gasteiger partial charge in [0, 0.05) is 33.3 Å². The highest BCUT2D eigenvalue weighted by molar-refractivity contribution is 6.81. The molecule has 0 atom stereocenters. The van der Waals surface area contributed by atoms with Crippen LogP contribution in [0.15, 0.2) is 0 Å². The fourth-order valence-corrected chi connectivity index (χ4v) is 13.7. The van der Waals surface area contributed by atoms with Crippen molar-refractivity contribution >= 4 is 16.6 Å². The van der Waals surface area contributed by atoms with E-state index >= 15 is 0 Å². The molecule has 0 aliphatic carbocycles. The average Bonchev–Trinajstić information content (AvgIpc) is 2.48. The second-order valence-corrected chi connectivity index (χ2v) is 19.5. The Morgan fingerprint density at radius 3 is 1.67 bits per heavy atom. The Balaban J connectivity index is 2.60. The van der Waals surface area contributed by atoms with Gasteiger partial charge in [0.05, 0.1) is 0 Å². The molecule has 5 heteroatoms. The summed E-state index contributed by atoms with van der Waals surface area (Å²) in [5, 5.41) is 0. The van der Waals surface area contributed by atoms with Crippen LogP contribution in [0.2, 0.25) is 35.8 Å². The topological polar surface area (TPSA) is 15.7 Å². The highest BCUT2D eigenvalue weighted by Crippen LogP contribution is 2.44. The maximum absolute atomic E-state index is 5.69. The first kappa shape index (κ1) is 22.4. The van der Waals surface area contributed by atoms with Gasteiger partial charge < -0.3 is 13.9 Å². The lowest BCUT2D eigenvalue weighted by atomic mass is 10.3. The van der Waals surface area contributed by atoms with Gasteiger partial charge in [0.1, 0.15) is 8.24 Å². The molecule has 1 saturated heterocycles. The van der Waals surface area contributed by atoms with Gasteiger partial charge in [-0.15, -0.1) is 0 Å². The van der Waals surface area contributed by atoms with Gasteiger partial charge in [-0.3, -0.25) is 0 Å². The molecule has 3 nitrogen and oxygen atoms in total. The fourth-order valence-electron chi connectivity index (χ4n) is 5.28. The van der Waals surface area contributed by atoms with Gasteiger partial charge in [-0.1, -0.05) is 41.5 Å². The quantitative estimate of drug-likeness (QED) is 0.528. The lowest BCUT2D eigenvalue weighted by molar-refractivity contribution is 0.177. The standard InChI is InChI=1S/C19H44N2OSi2/c1-17(2)24(18(3)4,19(5)6)21-14-12-20(13-15-21)11-10-16-23(8,9)22-7/h17-19H,10-16H2,1-9H3. The summed E-state index contributed by atoms with van der Waals surface area (Å²) in [5.74, 6) is 0. The number of hydrogen-bond donors (Lipinski definition) is 0. The van der Waals surface area contributed by atoms with Gasteiger partial charge in [0.25, 0.3) is 0 Å². The first-order valence-electron chi connectivity index (χ1n) is 10.1. The molecular formula is C19H44N2OSi2. The maximum atomic E-state index is 5.69. The zero-order valence-corrected chi connectivity index (χ0v) is 20.0. The minimum absolute atomic E-state index is 0.831. The molecule has 24 heavy (non-hydrogen) atoms. The zero-order chi connectivity index (χ0) is 18.5. The number of nitrogens with zero attached hydrogens (tertiary/aromatic N) is 2. The summed E-state index contributed by atoms with van der Waals surface area (Å²) in [7, 11) is -0.922. The Morgan fingerprint density at radius 1 is 0.833 bits per heavy atom. The van der Waals surface area contributed by atoms with Crippen molar-refractivity contribution in [3.63, 3.8) is 0 Å². The number of piperazine rings is 1. The Morgan fingerprint density at radius 2 is 1.29 bits per heavy atom. The molecule has 0 radical (unpaired) electrons. The third-order valence-corrected chi connectivity index (χ3v) is 16.3. The van der Waals surface area contributed by atoms with Gasteiger partial charge in [-0.25, -0.2) is 0 Å². The molecule has 144 valence electrons. The third kappa shape index (κ3) is 5.16. The van der Waals surface area contributed by atoms with Crippen LogP contribution in [0, 0.1) is 0 Å². The molecular weight excluding hydrogens is 328 g/mol. The lowest BCUT2D eigenvalue weighted by Crippen LogP contribution is -2.65. The van der Waals surface area contributed by atoms with E-state index in [-0.39, 0.29) is 0 Å². The van der Waals surface area contributed by atoms with E-state index in [0.29, 0.717) is 0 Å². The van der Waals surface area contributed by atoms with E-state index < -0.39 is 16.6 Å². The smallest absolute Gasteiger partial charge is 0.186 e. The Labute approximate surface area is 154 Å². The molecule has 1 aliphatic heterocycles. The molecule has 1 aliphatic rings.